The fraction of sp³-hybridized carbons (Fsp3) is 0.333. The molecule has 0 saturated carbocycles. The van der Waals surface area contributed by atoms with Gasteiger partial charge in [0, 0.05) is 30.5 Å². The molecule has 0 spiro atoms. The number of benzene rings is 1. The quantitative estimate of drug-likeness (QED) is 0.580. The van der Waals surface area contributed by atoms with Crippen LogP contribution in [0.25, 0.3) is 5.95 Å². The number of nitrogens with one attached hydrogen (secondary N) is 1. The molecule has 32 heavy (non-hydrogen) atoms. The number of amides is 1. The average Bonchev–Trinajstić information content (AvgIpc) is 3.08. The van der Waals surface area contributed by atoms with Crippen molar-refractivity contribution in [2.45, 2.75) is 39.5 Å². The van der Waals surface area contributed by atoms with Crippen molar-refractivity contribution in [3.8, 4) is 5.95 Å². The summed E-state index contributed by atoms with van der Waals surface area (Å²) in [6.07, 6.45) is 0. The molecule has 0 radical (unpaired) electrons. The Labute approximate surface area is 186 Å². The number of halogens is 1. The number of hydrogen-bond acceptors (Lipinski definition) is 6. The highest BCUT2D eigenvalue weighted by Crippen LogP contribution is 2.21. The minimum absolute atomic E-state index is 0.157. The van der Waals surface area contributed by atoms with Crippen LogP contribution in [0.4, 0.5) is 10.2 Å². The van der Waals surface area contributed by atoms with Crippen LogP contribution in [0.1, 0.15) is 41.3 Å². The van der Waals surface area contributed by atoms with Gasteiger partial charge in [0.1, 0.15) is 11.6 Å². The third-order valence-electron chi connectivity index (χ3n) is 4.76. The molecule has 0 fully saturated rings. The molecule has 0 aliphatic carbocycles. The zero-order valence-corrected chi connectivity index (χ0v) is 19.4. The second-order valence-electron chi connectivity index (χ2n) is 7.22. The lowest BCUT2D eigenvalue weighted by Crippen LogP contribution is -2.31. The Morgan fingerprint density at radius 1 is 1.03 bits per heavy atom. The number of anilines is 1. The Balaban J connectivity index is 1.99. The first kappa shape index (κ1) is 23.5. The van der Waals surface area contributed by atoms with Gasteiger partial charge in [-0.25, -0.2) is 22.8 Å². The molecule has 170 valence electrons. The number of sulfonamides is 1. The summed E-state index contributed by atoms with van der Waals surface area (Å²) in [5, 5.41) is 6.91. The largest absolute Gasteiger partial charge is 0.306 e. The third kappa shape index (κ3) is 4.68. The van der Waals surface area contributed by atoms with Crippen molar-refractivity contribution in [2.24, 2.45) is 0 Å². The van der Waals surface area contributed by atoms with Crippen LogP contribution in [0.2, 0.25) is 0 Å². The van der Waals surface area contributed by atoms with E-state index < -0.39 is 27.3 Å². The van der Waals surface area contributed by atoms with E-state index in [9.17, 15) is 17.6 Å². The maximum absolute atomic E-state index is 14.5. The zero-order chi connectivity index (χ0) is 23.6. The number of aryl methyl sites for hydroxylation is 3. The van der Waals surface area contributed by atoms with E-state index in [4.69, 9.17) is 0 Å². The Morgan fingerprint density at radius 3 is 2.25 bits per heavy atom. The van der Waals surface area contributed by atoms with E-state index in [-0.39, 0.29) is 29.8 Å². The highest BCUT2D eigenvalue weighted by atomic mass is 32.2. The summed E-state index contributed by atoms with van der Waals surface area (Å²) in [4.78, 5) is 21.4. The molecule has 11 heteroatoms. The second-order valence-corrected chi connectivity index (χ2v) is 9.16. The van der Waals surface area contributed by atoms with E-state index in [1.54, 1.807) is 32.9 Å². The molecular formula is C21H25FN6O3S. The first-order chi connectivity index (χ1) is 15.1. The number of hydrogen-bond donors (Lipinski definition) is 1. The molecule has 1 amide bonds. The van der Waals surface area contributed by atoms with Crippen LogP contribution in [0.3, 0.4) is 0 Å². The molecule has 1 N–H and O–H groups in total. The highest BCUT2D eigenvalue weighted by molar-refractivity contribution is 7.89. The van der Waals surface area contributed by atoms with Crippen LogP contribution in [-0.2, 0) is 10.0 Å². The summed E-state index contributed by atoms with van der Waals surface area (Å²) in [7, 11) is -3.85. The highest BCUT2D eigenvalue weighted by Gasteiger charge is 2.25. The third-order valence-corrected chi connectivity index (χ3v) is 6.80. The summed E-state index contributed by atoms with van der Waals surface area (Å²) >= 11 is 0. The van der Waals surface area contributed by atoms with Gasteiger partial charge in [-0.3, -0.25) is 4.79 Å². The fourth-order valence-corrected chi connectivity index (χ4v) is 4.76. The molecular weight excluding hydrogens is 435 g/mol. The molecule has 0 bridgehead atoms. The standard InChI is InChI=1S/C21H25FN6O3S/c1-6-27(7-2)32(30,31)16-8-9-18(22)17(12-16)20(29)25-19-11-15(5)26-28(19)21-23-13(3)10-14(4)24-21/h8-12H,6-7H2,1-5H3,(H,25,29). The van der Waals surface area contributed by atoms with Gasteiger partial charge in [0.2, 0.25) is 10.0 Å². The topological polar surface area (TPSA) is 110 Å². The summed E-state index contributed by atoms with van der Waals surface area (Å²) in [6, 6.07) is 6.56. The van der Waals surface area contributed by atoms with Crippen LogP contribution in [0, 0.1) is 26.6 Å². The number of rotatable bonds is 7. The molecule has 2 heterocycles. The maximum atomic E-state index is 14.5. The van der Waals surface area contributed by atoms with Gasteiger partial charge >= 0.3 is 0 Å². The van der Waals surface area contributed by atoms with Crippen LogP contribution in [-0.4, -0.2) is 51.5 Å². The van der Waals surface area contributed by atoms with E-state index >= 15 is 0 Å². The van der Waals surface area contributed by atoms with Crippen molar-refractivity contribution in [3.63, 3.8) is 0 Å². The van der Waals surface area contributed by atoms with Crippen LogP contribution in [0.15, 0.2) is 35.2 Å². The Bertz CT molecular complexity index is 1250. The Morgan fingerprint density at radius 2 is 1.66 bits per heavy atom. The summed E-state index contributed by atoms with van der Waals surface area (Å²) in [5.41, 5.74) is 1.63. The number of aromatic nitrogens is 4. The fourth-order valence-electron chi connectivity index (χ4n) is 3.28. The summed E-state index contributed by atoms with van der Waals surface area (Å²) < 4.78 is 42.6. The maximum Gasteiger partial charge on any atom is 0.259 e. The van der Waals surface area contributed by atoms with Gasteiger partial charge in [0.25, 0.3) is 11.9 Å². The van der Waals surface area contributed by atoms with Gasteiger partial charge in [-0.1, -0.05) is 13.8 Å². The van der Waals surface area contributed by atoms with Crippen LogP contribution < -0.4 is 5.32 Å². The van der Waals surface area contributed by atoms with Gasteiger partial charge in [-0.2, -0.15) is 14.1 Å². The lowest BCUT2D eigenvalue weighted by Gasteiger charge is -2.19. The SMILES string of the molecule is CCN(CC)S(=O)(=O)c1ccc(F)c(C(=O)Nc2cc(C)nn2-c2nc(C)cc(C)n2)c1. The van der Waals surface area contributed by atoms with E-state index in [2.05, 4.69) is 20.4 Å². The molecule has 0 aliphatic heterocycles. The van der Waals surface area contributed by atoms with Gasteiger partial charge in [-0.05, 0) is 45.0 Å². The van der Waals surface area contributed by atoms with Gasteiger partial charge < -0.3 is 5.32 Å². The smallest absolute Gasteiger partial charge is 0.259 e. The minimum Gasteiger partial charge on any atom is -0.306 e. The minimum atomic E-state index is -3.85. The van der Waals surface area contributed by atoms with Crippen molar-refractivity contribution < 1.29 is 17.6 Å². The van der Waals surface area contributed by atoms with Crippen molar-refractivity contribution in [1.29, 1.82) is 0 Å². The van der Waals surface area contributed by atoms with E-state index in [1.807, 2.05) is 13.8 Å². The molecule has 2 aromatic heterocycles. The Kier molecular flexibility index (Phi) is 6.70. The van der Waals surface area contributed by atoms with Crippen molar-refractivity contribution in [2.75, 3.05) is 18.4 Å². The van der Waals surface area contributed by atoms with Gasteiger partial charge in [-0.15, -0.1) is 0 Å². The van der Waals surface area contributed by atoms with E-state index in [1.165, 1.54) is 8.99 Å². The molecule has 0 saturated heterocycles. The number of nitrogens with zero attached hydrogens (tertiary/aromatic N) is 5. The van der Waals surface area contributed by atoms with Crippen LogP contribution in [0.5, 0.6) is 0 Å². The summed E-state index contributed by atoms with van der Waals surface area (Å²) in [5.74, 6) is -1.17. The molecule has 0 atom stereocenters. The monoisotopic (exact) mass is 460 g/mol. The van der Waals surface area contributed by atoms with E-state index in [0.29, 0.717) is 5.69 Å². The Hall–Kier alpha value is -3.18. The van der Waals surface area contributed by atoms with Crippen molar-refractivity contribution >= 4 is 21.7 Å². The molecule has 9 nitrogen and oxygen atoms in total. The second kappa shape index (κ2) is 9.13. The first-order valence-corrected chi connectivity index (χ1v) is 11.5. The molecule has 0 unspecified atom stereocenters. The van der Waals surface area contributed by atoms with Crippen molar-refractivity contribution in [1.82, 2.24) is 24.1 Å². The van der Waals surface area contributed by atoms with E-state index in [0.717, 1.165) is 29.6 Å². The van der Waals surface area contributed by atoms with Gasteiger partial charge in [0.15, 0.2) is 0 Å². The molecule has 3 rings (SSSR count). The first-order valence-electron chi connectivity index (χ1n) is 10.1. The predicted molar refractivity (Wildman–Crippen MR) is 118 cm³/mol. The normalized spacial score (nSPS) is 11.7. The summed E-state index contributed by atoms with van der Waals surface area (Å²) in [6.45, 7) is 9.27. The van der Waals surface area contributed by atoms with Crippen LogP contribution >= 0.6 is 0 Å². The lowest BCUT2D eigenvalue weighted by molar-refractivity contribution is 0.102. The average molecular weight is 461 g/mol. The molecule has 3 aromatic rings. The molecule has 0 aliphatic rings. The predicted octanol–water partition coefficient (Wildman–Crippen LogP) is 3.01. The van der Waals surface area contributed by atoms with Gasteiger partial charge in [0.05, 0.1) is 16.2 Å². The lowest BCUT2D eigenvalue weighted by atomic mass is 10.2. The molecule has 1 aromatic carbocycles. The number of carbonyl (C=O) groups excluding carboxylic acids is 1. The number of carbonyl (C=O) groups is 1. The van der Waals surface area contributed by atoms with Crippen molar-refractivity contribution in [3.05, 3.63) is 58.8 Å². The zero-order valence-electron chi connectivity index (χ0n) is 18.5.